The molecule has 2 aromatic rings. The molecule has 0 atom stereocenters. The first-order valence-electron chi connectivity index (χ1n) is 6.84. The molecule has 0 radical (unpaired) electrons. The van der Waals surface area contributed by atoms with Crippen molar-refractivity contribution in [1.29, 1.82) is 0 Å². The summed E-state index contributed by atoms with van der Waals surface area (Å²) in [5.74, 6) is -0.217. The summed E-state index contributed by atoms with van der Waals surface area (Å²) < 4.78 is 30.5. The van der Waals surface area contributed by atoms with E-state index in [-0.39, 0.29) is 5.75 Å². The zero-order valence-electron chi connectivity index (χ0n) is 11.7. The lowest BCUT2D eigenvalue weighted by Crippen LogP contribution is -2.25. The van der Waals surface area contributed by atoms with Gasteiger partial charge in [0.1, 0.15) is 0 Å². The topological polar surface area (TPSA) is 57.6 Å². The fraction of sp³-hybridized carbons (Fsp3) is 0.250. The summed E-state index contributed by atoms with van der Waals surface area (Å²) in [6.45, 7) is 1.27. The lowest BCUT2D eigenvalue weighted by atomic mass is 10.2. The maximum absolute atomic E-state index is 10.8. The fourth-order valence-corrected chi connectivity index (χ4v) is 2.67. The Morgan fingerprint density at radius 3 is 2.05 bits per heavy atom. The predicted octanol–water partition coefficient (Wildman–Crippen LogP) is 2.97. The summed E-state index contributed by atoms with van der Waals surface area (Å²) in [4.78, 5) is 2.11. The average Bonchev–Trinajstić information content (AvgIpc) is 2.47. The second-order valence-corrected chi connectivity index (χ2v) is 6.45. The molecule has 0 amide bonds. The zero-order chi connectivity index (χ0) is 15.1. The van der Waals surface area contributed by atoms with Crippen LogP contribution in [0.3, 0.4) is 0 Å². The molecule has 0 bridgehead atoms. The third-order valence-corrected chi connectivity index (χ3v) is 3.97. The quantitative estimate of drug-likeness (QED) is 0.799. The van der Waals surface area contributed by atoms with Gasteiger partial charge < -0.3 is 4.90 Å². The van der Waals surface area contributed by atoms with Gasteiger partial charge in [0, 0.05) is 18.8 Å². The van der Waals surface area contributed by atoms with Gasteiger partial charge in [0.25, 0.3) is 10.1 Å². The molecule has 0 saturated carbocycles. The van der Waals surface area contributed by atoms with E-state index in [9.17, 15) is 8.42 Å². The summed E-state index contributed by atoms with van der Waals surface area (Å²) in [5, 5.41) is 0. The van der Waals surface area contributed by atoms with Crippen LogP contribution >= 0.6 is 0 Å². The molecule has 2 aromatic carbocycles. The molecule has 0 aliphatic carbocycles. The molecule has 0 aliphatic rings. The van der Waals surface area contributed by atoms with E-state index >= 15 is 0 Å². The number of para-hydroxylation sites is 1. The van der Waals surface area contributed by atoms with Crippen LogP contribution in [0.25, 0.3) is 0 Å². The number of hydrogen-bond donors (Lipinski definition) is 1. The van der Waals surface area contributed by atoms with Crippen molar-refractivity contribution in [2.45, 2.75) is 13.0 Å². The van der Waals surface area contributed by atoms with Crippen molar-refractivity contribution in [2.24, 2.45) is 0 Å². The van der Waals surface area contributed by atoms with Crippen molar-refractivity contribution in [1.82, 2.24) is 0 Å². The van der Waals surface area contributed by atoms with Gasteiger partial charge in [-0.15, -0.1) is 0 Å². The van der Waals surface area contributed by atoms with E-state index in [4.69, 9.17) is 4.55 Å². The standard InChI is InChI=1S/C16H19NO3S/c18-21(19,20)13-7-12-17(16-10-5-2-6-11-16)14-15-8-3-1-4-9-15/h1-6,8-11H,7,12-14H2,(H,18,19,20). The molecule has 4 nitrogen and oxygen atoms in total. The van der Waals surface area contributed by atoms with Gasteiger partial charge in [0.2, 0.25) is 0 Å². The van der Waals surface area contributed by atoms with Gasteiger partial charge in [-0.05, 0) is 24.1 Å². The molecule has 2 rings (SSSR count). The van der Waals surface area contributed by atoms with Gasteiger partial charge in [-0.25, -0.2) is 0 Å². The first-order chi connectivity index (χ1) is 10.0. The summed E-state index contributed by atoms with van der Waals surface area (Å²) >= 11 is 0. The highest BCUT2D eigenvalue weighted by Crippen LogP contribution is 2.17. The maximum Gasteiger partial charge on any atom is 0.264 e. The molecule has 21 heavy (non-hydrogen) atoms. The minimum atomic E-state index is -3.90. The molecule has 0 aromatic heterocycles. The van der Waals surface area contributed by atoms with Gasteiger partial charge in [-0.1, -0.05) is 48.5 Å². The third kappa shape index (κ3) is 5.57. The van der Waals surface area contributed by atoms with Crippen molar-refractivity contribution in [3.05, 3.63) is 66.2 Å². The third-order valence-electron chi connectivity index (χ3n) is 3.17. The van der Waals surface area contributed by atoms with E-state index in [2.05, 4.69) is 4.90 Å². The minimum Gasteiger partial charge on any atom is -0.367 e. The van der Waals surface area contributed by atoms with Crippen molar-refractivity contribution in [3.8, 4) is 0 Å². The Hall–Kier alpha value is -1.85. The highest BCUT2D eigenvalue weighted by Gasteiger charge is 2.10. The van der Waals surface area contributed by atoms with Crippen LogP contribution in [0.15, 0.2) is 60.7 Å². The normalized spacial score (nSPS) is 11.3. The SMILES string of the molecule is O=S(=O)(O)CCCN(Cc1ccccc1)c1ccccc1. The van der Waals surface area contributed by atoms with Crippen LogP contribution < -0.4 is 4.90 Å². The Morgan fingerprint density at radius 1 is 0.905 bits per heavy atom. The van der Waals surface area contributed by atoms with E-state index in [0.717, 1.165) is 11.3 Å². The van der Waals surface area contributed by atoms with Gasteiger partial charge in [-0.3, -0.25) is 4.55 Å². The van der Waals surface area contributed by atoms with E-state index in [1.54, 1.807) is 0 Å². The molecular formula is C16H19NO3S. The molecule has 0 aliphatic heterocycles. The first-order valence-corrected chi connectivity index (χ1v) is 8.44. The smallest absolute Gasteiger partial charge is 0.264 e. The molecule has 0 saturated heterocycles. The Bertz CT molecular complexity index is 642. The molecule has 0 fully saturated rings. The largest absolute Gasteiger partial charge is 0.367 e. The van der Waals surface area contributed by atoms with E-state index < -0.39 is 10.1 Å². The number of rotatable bonds is 7. The lowest BCUT2D eigenvalue weighted by Gasteiger charge is -2.25. The highest BCUT2D eigenvalue weighted by atomic mass is 32.2. The molecule has 0 unspecified atom stereocenters. The van der Waals surface area contributed by atoms with Crippen LogP contribution in [0.2, 0.25) is 0 Å². The molecule has 112 valence electrons. The Morgan fingerprint density at radius 2 is 1.48 bits per heavy atom. The van der Waals surface area contributed by atoms with Crippen molar-refractivity contribution < 1.29 is 13.0 Å². The van der Waals surface area contributed by atoms with E-state index in [0.29, 0.717) is 19.5 Å². The van der Waals surface area contributed by atoms with Gasteiger partial charge >= 0.3 is 0 Å². The van der Waals surface area contributed by atoms with Crippen LogP contribution in [-0.2, 0) is 16.7 Å². The van der Waals surface area contributed by atoms with Crippen molar-refractivity contribution >= 4 is 15.8 Å². The summed E-state index contributed by atoms with van der Waals surface area (Å²) in [5.41, 5.74) is 2.20. The van der Waals surface area contributed by atoms with Crippen LogP contribution in [0.1, 0.15) is 12.0 Å². The van der Waals surface area contributed by atoms with Gasteiger partial charge in [0.15, 0.2) is 0 Å². The summed E-state index contributed by atoms with van der Waals surface area (Å²) in [7, 11) is -3.90. The second kappa shape index (κ2) is 7.24. The highest BCUT2D eigenvalue weighted by molar-refractivity contribution is 7.85. The van der Waals surface area contributed by atoms with Crippen LogP contribution in [0, 0.1) is 0 Å². The molecular weight excluding hydrogens is 286 g/mol. The van der Waals surface area contributed by atoms with Crippen molar-refractivity contribution in [3.63, 3.8) is 0 Å². The first kappa shape index (κ1) is 15.5. The van der Waals surface area contributed by atoms with Crippen molar-refractivity contribution in [2.75, 3.05) is 17.2 Å². The molecule has 0 spiro atoms. The molecule has 1 N–H and O–H groups in total. The second-order valence-electron chi connectivity index (χ2n) is 4.88. The summed E-state index contributed by atoms with van der Waals surface area (Å²) in [6.07, 6.45) is 0.389. The predicted molar refractivity (Wildman–Crippen MR) is 85.0 cm³/mol. The van der Waals surface area contributed by atoms with Crippen LogP contribution in [0.4, 0.5) is 5.69 Å². The Kier molecular flexibility index (Phi) is 5.36. The van der Waals surface area contributed by atoms with E-state index in [1.165, 1.54) is 0 Å². The number of anilines is 1. The molecule has 0 heterocycles. The Balaban J connectivity index is 2.07. The number of hydrogen-bond acceptors (Lipinski definition) is 3. The van der Waals surface area contributed by atoms with Crippen LogP contribution in [0.5, 0.6) is 0 Å². The maximum atomic E-state index is 10.8. The molecule has 5 heteroatoms. The number of benzene rings is 2. The monoisotopic (exact) mass is 305 g/mol. The van der Waals surface area contributed by atoms with Gasteiger partial charge in [0.05, 0.1) is 5.75 Å². The number of nitrogens with zero attached hydrogens (tertiary/aromatic N) is 1. The fourth-order valence-electron chi connectivity index (χ4n) is 2.18. The Labute approximate surface area is 125 Å². The minimum absolute atomic E-state index is 0.217. The van der Waals surface area contributed by atoms with E-state index in [1.807, 2.05) is 60.7 Å². The summed E-state index contributed by atoms with van der Waals surface area (Å²) in [6, 6.07) is 19.9. The zero-order valence-corrected chi connectivity index (χ0v) is 12.5. The van der Waals surface area contributed by atoms with Crippen LogP contribution in [-0.4, -0.2) is 25.3 Å². The average molecular weight is 305 g/mol. The van der Waals surface area contributed by atoms with Gasteiger partial charge in [-0.2, -0.15) is 8.42 Å². The lowest BCUT2D eigenvalue weighted by molar-refractivity contribution is 0.481.